The number of fused-ring (bicyclic) bond motifs is 1. The van der Waals surface area contributed by atoms with Crippen LogP contribution in [0.25, 0.3) is 0 Å². The fraction of sp³-hybridized carbons (Fsp3) is 0.562. The van der Waals surface area contributed by atoms with Crippen LogP contribution in [0.5, 0.6) is 5.75 Å². The third-order valence-electron chi connectivity index (χ3n) is 4.11. The van der Waals surface area contributed by atoms with Crippen molar-refractivity contribution in [2.24, 2.45) is 0 Å². The van der Waals surface area contributed by atoms with Crippen molar-refractivity contribution in [3.63, 3.8) is 0 Å². The molecular weight excluding hydrogens is 252 g/mol. The number of hydrogen-bond acceptors (Lipinski definition) is 2. The summed E-state index contributed by atoms with van der Waals surface area (Å²) < 4.78 is 5.71. The van der Waals surface area contributed by atoms with Crippen LogP contribution < -0.4 is 10.1 Å². The molecule has 1 saturated heterocycles. The van der Waals surface area contributed by atoms with Crippen molar-refractivity contribution in [3.05, 3.63) is 29.3 Å². The van der Waals surface area contributed by atoms with Crippen molar-refractivity contribution in [1.82, 2.24) is 10.2 Å². The van der Waals surface area contributed by atoms with Gasteiger partial charge in [-0.3, -0.25) is 0 Å². The van der Waals surface area contributed by atoms with Gasteiger partial charge in [0.2, 0.25) is 0 Å². The molecule has 0 spiro atoms. The first kappa shape index (κ1) is 13.3. The number of ether oxygens (including phenoxy) is 1. The number of likely N-dealkylation sites (tertiary alicyclic amines) is 1. The highest BCUT2D eigenvalue weighted by molar-refractivity contribution is 5.74. The van der Waals surface area contributed by atoms with E-state index in [2.05, 4.69) is 17.4 Å². The summed E-state index contributed by atoms with van der Waals surface area (Å²) in [6.07, 6.45) is 5.86. The van der Waals surface area contributed by atoms with Crippen LogP contribution in [0, 0.1) is 0 Å². The zero-order chi connectivity index (χ0) is 13.8. The number of aryl methyl sites for hydroxylation is 2. The molecule has 108 valence electrons. The normalized spacial score (nSPS) is 17.1. The fourth-order valence-electron chi connectivity index (χ4n) is 3.00. The van der Waals surface area contributed by atoms with Crippen molar-refractivity contribution in [2.75, 3.05) is 26.2 Å². The third-order valence-corrected chi connectivity index (χ3v) is 4.11. The third kappa shape index (κ3) is 3.06. The van der Waals surface area contributed by atoms with Gasteiger partial charge >= 0.3 is 6.03 Å². The average molecular weight is 274 g/mol. The molecule has 1 aliphatic carbocycles. The Morgan fingerprint density at radius 2 is 1.95 bits per heavy atom. The van der Waals surface area contributed by atoms with Gasteiger partial charge in [-0.25, -0.2) is 4.79 Å². The van der Waals surface area contributed by atoms with Gasteiger partial charge in [-0.1, -0.05) is 6.07 Å². The van der Waals surface area contributed by atoms with Crippen molar-refractivity contribution in [3.8, 4) is 5.75 Å². The second-order valence-corrected chi connectivity index (χ2v) is 5.56. The summed E-state index contributed by atoms with van der Waals surface area (Å²) in [5, 5.41) is 2.91. The number of nitrogens with zero attached hydrogens (tertiary/aromatic N) is 1. The Labute approximate surface area is 120 Å². The van der Waals surface area contributed by atoms with E-state index in [1.54, 1.807) is 0 Å². The molecule has 0 bridgehead atoms. The predicted octanol–water partition coefficient (Wildman–Crippen LogP) is 2.36. The first-order valence-corrected chi connectivity index (χ1v) is 7.60. The summed E-state index contributed by atoms with van der Waals surface area (Å²) in [5.74, 6) is 0.918. The van der Waals surface area contributed by atoms with E-state index in [4.69, 9.17) is 4.74 Å². The molecule has 0 radical (unpaired) electrons. The van der Waals surface area contributed by atoms with Crippen LogP contribution in [0.1, 0.15) is 30.4 Å². The standard InChI is InChI=1S/C16H22N2O2/c19-16(18-9-1-2-10-18)17-8-11-20-15-7-6-13-4-3-5-14(13)12-15/h6-7,12H,1-5,8-11H2,(H,17,19). The van der Waals surface area contributed by atoms with Crippen molar-refractivity contribution in [2.45, 2.75) is 32.1 Å². The maximum atomic E-state index is 11.8. The second kappa shape index (κ2) is 6.16. The lowest BCUT2D eigenvalue weighted by Crippen LogP contribution is -2.39. The zero-order valence-corrected chi connectivity index (χ0v) is 11.9. The van der Waals surface area contributed by atoms with E-state index >= 15 is 0 Å². The number of rotatable bonds is 4. The number of nitrogens with one attached hydrogen (secondary N) is 1. The molecule has 1 aromatic carbocycles. The van der Waals surface area contributed by atoms with Gasteiger partial charge in [0.05, 0.1) is 6.54 Å². The number of urea groups is 1. The van der Waals surface area contributed by atoms with E-state index in [0.717, 1.165) is 38.1 Å². The minimum Gasteiger partial charge on any atom is -0.492 e. The lowest BCUT2D eigenvalue weighted by molar-refractivity contribution is 0.205. The van der Waals surface area contributed by atoms with Crippen LogP contribution in [-0.2, 0) is 12.8 Å². The molecule has 0 saturated carbocycles. The van der Waals surface area contributed by atoms with Crippen LogP contribution in [0.3, 0.4) is 0 Å². The topological polar surface area (TPSA) is 41.6 Å². The molecule has 2 amide bonds. The number of carbonyl (C=O) groups excluding carboxylic acids is 1. The Balaban J connectivity index is 1.40. The Morgan fingerprint density at radius 3 is 2.80 bits per heavy atom. The summed E-state index contributed by atoms with van der Waals surface area (Å²) >= 11 is 0. The molecule has 0 unspecified atom stereocenters. The highest BCUT2D eigenvalue weighted by Crippen LogP contribution is 2.25. The Kier molecular flexibility index (Phi) is 4.09. The van der Waals surface area contributed by atoms with E-state index in [9.17, 15) is 4.79 Å². The monoisotopic (exact) mass is 274 g/mol. The quantitative estimate of drug-likeness (QED) is 0.856. The molecule has 1 N–H and O–H groups in total. The lowest BCUT2D eigenvalue weighted by Gasteiger charge is -2.16. The van der Waals surface area contributed by atoms with E-state index in [-0.39, 0.29) is 6.03 Å². The Morgan fingerprint density at radius 1 is 1.15 bits per heavy atom. The molecule has 4 nitrogen and oxygen atoms in total. The zero-order valence-electron chi connectivity index (χ0n) is 11.9. The largest absolute Gasteiger partial charge is 0.492 e. The first-order valence-electron chi connectivity index (χ1n) is 7.60. The molecule has 1 aromatic rings. The predicted molar refractivity (Wildman–Crippen MR) is 78.2 cm³/mol. The molecule has 1 aliphatic heterocycles. The van der Waals surface area contributed by atoms with Crippen LogP contribution in [0.2, 0.25) is 0 Å². The molecule has 2 aliphatic rings. The van der Waals surface area contributed by atoms with Crippen LogP contribution >= 0.6 is 0 Å². The number of hydrogen-bond donors (Lipinski definition) is 1. The molecule has 0 atom stereocenters. The highest BCUT2D eigenvalue weighted by Gasteiger charge is 2.17. The van der Waals surface area contributed by atoms with Crippen molar-refractivity contribution >= 4 is 6.03 Å². The lowest BCUT2D eigenvalue weighted by atomic mass is 10.1. The second-order valence-electron chi connectivity index (χ2n) is 5.56. The van der Waals surface area contributed by atoms with Gasteiger partial charge in [0, 0.05) is 13.1 Å². The molecule has 20 heavy (non-hydrogen) atoms. The maximum absolute atomic E-state index is 11.8. The van der Waals surface area contributed by atoms with E-state index in [0.29, 0.717) is 13.2 Å². The Hall–Kier alpha value is -1.71. The van der Waals surface area contributed by atoms with Gasteiger partial charge in [-0.15, -0.1) is 0 Å². The maximum Gasteiger partial charge on any atom is 0.317 e. The number of benzene rings is 1. The number of amides is 2. The SMILES string of the molecule is O=C(NCCOc1ccc2c(c1)CCC2)N1CCCC1. The summed E-state index contributed by atoms with van der Waals surface area (Å²) in [6, 6.07) is 6.39. The highest BCUT2D eigenvalue weighted by atomic mass is 16.5. The molecule has 1 fully saturated rings. The van der Waals surface area contributed by atoms with Gasteiger partial charge < -0.3 is 15.0 Å². The molecule has 1 heterocycles. The fourth-order valence-corrected chi connectivity index (χ4v) is 3.00. The summed E-state index contributed by atoms with van der Waals surface area (Å²) in [5.41, 5.74) is 2.88. The van der Waals surface area contributed by atoms with E-state index in [1.165, 1.54) is 24.0 Å². The number of carbonyl (C=O) groups is 1. The molecule has 0 aromatic heterocycles. The minimum atomic E-state index is 0.0417. The Bertz CT molecular complexity index is 481. The van der Waals surface area contributed by atoms with Gasteiger partial charge in [0.15, 0.2) is 0 Å². The summed E-state index contributed by atoms with van der Waals surface area (Å²) in [4.78, 5) is 13.6. The summed E-state index contributed by atoms with van der Waals surface area (Å²) in [7, 11) is 0. The van der Waals surface area contributed by atoms with Crippen LogP contribution in [0.15, 0.2) is 18.2 Å². The first-order chi connectivity index (χ1) is 9.83. The van der Waals surface area contributed by atoms with Gasteiger partial charge in [-0.2, -0.15) is 0 Å². The smallest absolute Gasteiger partial charge is 0.317 e. The van der Waals surface area contributed by atoms with Gasteiger partial charge in [0.25, 0.3) is 0 Å². The van der Waals surface area contributed by atoms with E-state index < -0.39 is 0 Å². The molecule has 4 heteroatoms. The minimum absolute atomic E-state index is 0.0417. The van der Waals surface area contributed by atoms with Gasteiger partial charge in [0.1, 0.15) is 12.4 Å². The van der Waals surface area contributed by atoms with Crippen LogP contribution in [0.4, 0.5) is 4.79 Å². The molecular formula is C16H22N2O2. The van der Waals surface area contributed by atoms with E-state index in [1.807, 2.05) is 11.0 Å². The van der Waals surface area contributed by atoms with Crippen LogP contribution in [-0.4, -0.2) is 37.2 Å². The summed E-state index contributed by atoms with van der Waals surface area (Å²) in [6.45, 7) is 2.86. The molecule has 3 rings (SSSR count). The van der Waals surface area contributed by atoms with Crippen molar-refractivity contribution < 1.29 is 9.53 Å². The van der Waals surface area contributed by atoms with Gasteiger partial charge in [-0.05, 0) is 55.4 Å². The van der Waals surface area contributed by atoms with Crippen molar-refractivity contribution in [1.29, 1.82) is 0 Å². The average Bonchev–Trinajstić information content (AvgIpc) is 3.13.